The average molecular weight is 211 g/mol. The van der Waals surface area contributed by atoms with Crippen molar-refractivity contribution in [3.63, 3.8) is 0 Å². The molecule has 3 heteroatoms. The van der Waals surface area contributed by atoms with Gasteiger partial charge in [-0.1, -0.05) is 19.8 Å². The molecule has 1 aliphatic carbocycles. The van der Waals surface area contributed by atoms with Crippen LogP contribution < -0.4 is 0 Å². The van der Waals surface area contributed by atoms with Gasteiger partial charge in [-0.25, -0.2) is 0 Å². The smallest absolute Gasteiger partial charge is 0.310 e. The highest BCUT2D eigenvalue weighted by atomic mass is 16.4. The molecular weight excluding hydrogens is 190 g/mol. The molecule has 1 saturated carbocycles. The molecule has 3 nitrogen and oxygen atoms in total. The van der Waals surface area contributed by atoms with Crippen LogP contribution in [0.3, 0.4) is 0 Å². The van der Waals surface area contributed by atoms with E-state index in [1.807, 2.05) is 6.92 Å². The molecule has 0 bridgehead atoms. The summed E-state index contributed by atoms with van der Waals surface area (Å²) in [7, 11) is 0. The van der Waals surface area contributed by atoms with E-state index >= 15 is 0 Å². The highest BCUT2D eigenvalue weighted by Gasteiger charge is 2.47. The van der Waals surface area contributed by atoms with Gasteiger partial charge < -0.3 is 5.11 Å². The Morgan fingerprint density at radius 3 is 2.60 bits per heavy atom. The van der Waals surface area contributed by atoms with Gasteiger partial charge in [0.25, 0.3) is 0 Å². The summed E-state index contributed by atoms with van der Waals surface area (Å²) in [5.41, 5.74) is -0.502. The standard InChI is InChI=1S/C12H21NO2/c1-9-7-13(8-9)10-5-3-4-6-12(10,2)11(14)15/h9-10H,3-8H2,1-2H3,(H,14,15). The minimum Gasteiger partial charge on any atom is -0.481 e. The summed E-state index contributed by atoms with van der Waals surface area (Å²) in [5.74, 6) is 0.150. The fraction of sp³-hybridized carbons (Fsp3) is 0.917. The lowest BCUT2D eigenvalue weighted by atomic mass is 9.70. The van der Waals surface area contributed by atoms with Crippen molar-refractivity contribution in [2.45, 2.75) is 45.6 Å². The van der Waals surface area contributed by atoms with Gasteiger partial charge in [-0.2, -0.15) is 0 Å². The van der Waals surface area contributed by atoms with E-state index in [1.54, 1.807) is 0 Å². The Labute approximate surface area is 91.5 Å². The molecule has 1 N–H and O–H groups in total. The number of hydrogen-bond donors (Lipinski definition) is 1. The number of carboxylic acids is 1. The van der Waals surface area contributed by atoms with E-state index in [4.69, 9.17) is 0 Å². The second-order valence-corrected chi connectivity index (χ2v) is 5.54. The van der Waals surface area contributed by atoms with Crippen LogP contribution in [0.2, 0.25) is 0 Å². The zero-order valence-electron chi connectivity index (χ0n) is 9.70. The third-order valence-corrected chi connectivity index (χ3v) is 4.18. The minimum absolute atomic E-state index is 0.278. The predicted octanol–water partition coefficient (Wildman–Crippen LogP) is 1.97. The second kappa shape index (κ2) is 3.78. The summed E-state index contributed by atoms with van der Waals surface area (Å²) < 4.78 is 0. The van der Waals surface area contributed by atoms with Gasteiger partial charge in [-0.3, -0.25) is 9.69 Å². The first-order valence-corrected chi connectivity index (χ1v) is 6.01. The SMILES string of the molecule is CC1CN(C2CCCCC2(C)C(=O)O)C1. The first kappa shape index (κ1) is 10.9. The highest BCUT2D eigenvalue weighted by Crippen LogP contribution is 2.41. The van der Waals surface area contributed by atoms with Crippen LogP contribution in [0.4, 0.5) is 0 Å². The van der Waals surface area contributed by atoms with E-state index in [1.165, 1.54) is 6.42 Å². The zero-order valence-corrected chi connectivity index (χ0v) is 9.70. The normalized spacial score (nSPS) is 38.7. The number of hydrogen-bond acceptors (Lipinski definition) is 2. The van der Waals surface area contributed by atoms with E-state index in [0.717, 1.165) is 38.3 Å². The van der Waals surface area contributed by atoms with Gasteiger partial charge in [-0.15, -0.1) is 0 Å². The molecule has 0 spiro atoms. The number of carbonyl (C=O) groups is 1. The van der Waals surface area contributed by atoms with Crippen LogP contribution in [0.1, 0.15) is 39.5 Å². The molecule has 1 aliphatic heterocycles. The van der Waals surface area contributed by atoms with E-state index in [-0.39, 0.29) is 6.04 Å². The molecule has 0 aromatic carbocycles. The van der Waals surface area contributed by atoms with Crippen LogP contribution in [0.15, 0.2) is 0 Å². The number of carboxylic acid groups (broad SMARTS) is 1. The molecule has 1 saturated heterocycles. The highest BCUT2D eigenvalue weighted by molar-refractivity contribution is 5.75. The molecule has 0 radical (unpaired) electrons. The second-order valence-electron chi connectivity index (χ2n) is 5.54. The summed E-state index contributed by atoms with van der Waals surface area (Å²) >= 11 is 0. The first-order chi connectivity index (χ1) is 7.04. The molecule has 1 heterocycles. The fourth-order valence-corrected chi connectivity index (χ4v) is 3.15. The molecule has 0 aromatic rings. The lowest BCUT2D eigenvalue weighted by Gasteiger charge is -2.50. The molecule has 0 aromatic heterocycles. The largest absolute Gasteiger partial charge is 0.481 e. The van der Waals surface area contributed by atoms with Crippen LogP contribution in [-0.2, 0) is 4.79 Å². The van der Waals surface area contributed by atoms with Gasteiger partial charge in [0.05, 0.1) is 5.41 Å². The van der Waals surface area contributed by atoms with Crippen molar-refractivity contribution in [3.05, 3.63) is 0 Å². The molecule has 2 rings (SSSR count). The summed E-state index contributed by atoms with van der Waals surface area (Å²) in [5, 5.41) is 9.38. The van der Waals surface area contributed by atoms with Crippen LogP contribution >= 0.6 is 0 Å². The van der Waals surface area contributed by atoms with E-state index in [9.17, 15) is 9.90 Å². The van der Waals surface area contributed by atoms with Crippen molar-refractivity contribution in [2.75, 3.05) is 13.1 Å². The Morgan fingerprint density at radius 1 is 1.40 bits per heavy atom. The van der Waals surface area contributed by atoms with Crippen molar-refractivity contribution < 1.29 is 9.90 Å². The number of aliphatic carboxylic acids is 1. The molecule has 0 amide bonds. The van der Waals surface area contributed by atoms with Crippen molar-refractivity contribution in [3.8, 4) is 0 Å². The predicted molar refractivity (Wildman–Crippen MR) is 58.7 cm³/mol. The Kier molecular flexibility index (Phi) is 2.75. The van der Waals surface area contributed by atoms with Crippen LogP contribution in [-0.4, -0.2) is 35.1 Å². The maximum Gasteiger partial charge on any atom is 0.310 e. The summed E-state index contributed by atoms with van der Waals surface area (Å²) in [6, 6.07) is 0.278. The van der Waals surface area contributed by atoms with Crippen LogP contribution in [0.5, 0.6) is 0 Å². The van der Waals surface area contributed by atoms with Crippen molar-refractivity contribution in [2.24, 2.45) is 11.3 Å². The van der Waals surface area contributed by atoms with Gasteiger partial charge >= 0.3 is 5.97 Å². The topological polar surface area (TPSA) is 40.5 Å². The van der Waals surface area contributed by atoms with E-state index < -0.39 is 11.4 Å². The van der Waals surface area contributed by atoms with E-state index in [0.29, 0.717) is 0 Å². The Morgan fingerprint density at radius 2 is 2.07 bits per heavy atom. The van der Waals surface area contributed by atoms with Gasteiger partial charge in [0.1, 0.15) is 0 Å². The van der Waals surface area contributed by atoms with Gasteiger partial charge in [-0.05, 0) is 25.7 Å². The monoisotopic (exact) mass is 211 g/mol. The lowest BCUT2D eigenvalue weighted by Crippen LogP contribution is -2.59. The van der Waals surface area contributed by atoms with Crippen LogP contribution in [0.25, 0.3) is 0 Å². The first-order valence-electron chi connectivity index (χ1n) is 6.01. The summed E-state index contributed by atoms with van der Waals surface area (Å²) in [6.45, 7) is 6.35. The van der Waals surface area contributed by atoms with E-state index in [2.05, 4.69) is 11.8 Å². The molecule has 15 heavy (non-hydrogen) atoms. The number of likely N-dealkylation sites (tertiary alicyclic amines) is 1. The Bertz CT molecular complexity index is 260. The van der Waals surface area contributed by atoms with Crippen LogP contribution in [0, 0.1) is 11.3 Å². The molecule has 86 valence electrons. The molecular formula is C12H21NO2. The molecule has 2 atom stereocenters. The third-order valence-electron chi connectivity index (χ3n) is 4.18. The Hall–Kier alpha value is -0.570. The van der Waals surface area contributed by atoms with Gasteiger partial charge in [0, 0.05) is 19.1 Å². The number of nitrogens with zero attached hydrogens (tertiary/aromatic N) is 1. The summed E-state index contributed by atoms with van der Waals surface area (Å²) in [4.78, 5) is 13.8. The maximum atomic E-state index is 11.4. The zero-order chi connectivity index (χ0) is 11.1. The Balaban J connectivity index is 2.09. The molecule has 2 unspecified atom stereocenters. The average Bonchev–Trinajstić information content (AvgIpc) is 2.14. The number of rotatable bonds is 2. The maximum absolute atomic E-state index is 11.4. The minimum atomic E-state index is -0.605. The van der Waals surface area contributed by atoms with Crippen molar-refractivity contribution >= 4 is 5.97 Å². The molecule has 2 aliphatic rings. The van der Waals surface area contributed by atoms with Crippen molar-refractivity contribution in [1.82, 2.24) is 4.90 Å². The molecule has 2 fully saturated rings. The van der Waals surface area contributed by atoms with Crippen molar-refractivity contribution in [1.29, 1.82) is 0 Å². The fourth-order valence-electron chi connectivity index (χ4n) is 3.15. The summed E-state index contributed by atoms with van der Waals surface area (Å²) in [6.07, 6.45) is 4.18. The third kappa shape index (κ3) is 1.78. The van der Waals surface area contributed by atoms with Gasteiger partial charge in [0.2, 0.25) is 0 Å². The lowest BCUT2D eigenvalue weighted by molar-refractivity contribution is -0.157. The van der Waals surface area contributed by atoms with Gasteiger partial charge in [0.15, 0.2) is 0 Å². The quantitative estimate of drug-likeness (QED) is 0.759.